The molecule has 3 aliphatic carbocycles. The predicted molar refractivity (Wildman–Crippen MR) is 171 cm³/mol. The molecule has 0 nitrogen and oxygen atoms in total. The van der Waals surface area contributed by atoms with Crippen LogP contribution in [0.4, 0.5) is 0 Å². The van der Waals surface area contributed by atoms with Gasteiger partial charge in [-0.15, -0.1) is 0 Å². The van der Waals surface area contributed by atoms with Crippen LogP contribution >= 0.6 is 0 Å². The molecule has 6 rings (SSSR count). The Labute approximate surface area is 250 Å². The Morgan fingerprint density at radius 1 is 0.725 bits per heavy atom. The van der Waals surface area contributed by atoms with E-state index in [1.165, 1.54) is 54.4 Å². The second kappa shape index (κ2) is 10.9. The van der Waals surface area contributed by atoms with Gasteiger partial charge in [0, 0.05) is 0 Å². The number of allylic oxidation sites excluding steroid dienone is 4. The van der Waals surface area contributed by atoms with Crippen LogP contribution < -0.4 is 3.32 Å². The van der Waals surface area contributed by atoms with Gasteiger partial charge in [-0.05, 0) is 0 Å². The molecule has 1 heteroatoms. The number of fused-ring (bicyclic) bond motifs is 3. The fourth-order valence-corrected chi connectivity index (χ4v) is 22.0. The van der Waals surface area contributed by atoms with E-state index in [1.54, 1.807) is 16.7 Å². The minimum atomic E-state index is -2.76. The van der Waals surface area contributed by atoms with E-state index < -0.39 is 21.0 Å². The van der Waals surface area contributed by atoms with E-state index >= 15 is 0 Å². The molecule has 0 spiro atoms. The molecule has 40 heavy (non-hydrogen) atoms. The van der Waals surface area contributed by atoms with Gasteiger partial charge in [0.15, 0.2) is 0 Å². The van der Waals surface area contributed by atoms with Gasteiger partial charge in [-0.1, -0.05) is 0 Å². The van der Waals surface area contributed by atoms with E-state index in [4.69, 9.17) is 0 Å². The van der Waals surface area contributed by atoms with Crippen molar-refractivity contribution >= 4 is 6.58 Å². The van der Waals surface area contributed by atoms with Crippen molar-refractivity contribution in [3.63, 3.8) is 0 Å². The summed E-state index contributed by atoms with van der Waals surface area (Å²) in [5, 5.41) is 0. The zero-order valence-electron chi connectivity index (χ0n) is 25.5. The molecule has 3 aromatic carbocycles. The van der Waals surface area contributed by atoms with Crippen LogP contribution in [0.25, 0.3) is 11.1 Å². The molecule has 1 fully saturated rings. The van der Waals surface area contributed by atoms with Gasteiger partial charge in [0.2, 0.25) is 0 Å². The van der Waals surface area contributed by atoms with Gasteiger partial charge in [-0.3, -0.25) is 0 Å². The van der Waals surface area contributed by atoms with Crippen molar-refractivity contribution in [2.45, 2.75) is 94.6 Å². The van der Waals surface area contributed by atoms with Gasteiger partial charge in [0.25, 0.3) is 0 Å². The summed E-state index contributed by atoms with van der Waals surface area (Å²) in [4.78, 5) is 0. The van der Waals surface area contributed by atoms with Crippen molar-refractivity contribution in [3.05, 3.63) is 113 Å². The summed E-state index contributed by atoms with van der Waals surface area (Å²) in [5.74, 6) is 0.737. The van der Waals surface area contributed by atoms with Crippen molar-refractivity contribution in [3.8, 4) is 11.1 Å². The van der Waals surface area contributed by atoms with Crippen LogP contribution in [0.5, 0.6) is 0 Å². The zero-order chi connectivity index (χ0) is 28.1. The van der Waals surface area contributed by atoms with Crippen molar-refractivity contribution in [1.82, 2.24) is 0 Å². The first-order valence-electron chi connectivity index (χ1n) is 15.6. The summed E-state index contributed by atoms with van der Waals surface area (Å²) in [6, 6.07) is 24.0. The van der Waals surface area contributed by atoms with Crippen LogP contribution in [-0.2, 0) is 38.2 Å². The SMILES string of the molecule is CC(C)(C)c1ccc2c(c1)Cc1c-2ccc(C(C)(C)C)[c]1[Hf](=[C](c1ccccc1)C1CCCCC1)[CH]1C=CC=C1. The molecule has 0 saturated heterocycles. The van der Waals surface area contributed by atoms with Crippen molar-refractivity contribution < 1.29 is 21.0 Å². The van der Waals surface area contributed by atoms with Crippen molar-refractivity contribution in [2.24, 2.45) is 5.92 Å². The molecule has 0 aliphatic heterocycles. The minimum absolute atomic E-state index is 0.117. The average Bonchev–Trinajstić information content (AvgIpc) is 3.59. The molecule has 0 N–H and O–H groups in total. The summed E-state index contributed by atoms with van der Waals surface area (Å²) in [6.45, 7) is 14.4. The molecule has 206 valence electrons. The van der Waals surface area contributed by atoms with Gasteiger partial charge in [0.05, 0.1) is 0 Å². The summed E-state index contributed by atoms with van der Waals surface area (Å²) in [5.41, 5.74) is 11.1. The van der Waals surface area contributed by atoms with Crippen molar-refractivity contribution in [2.75, 3.05) is 0 Å². The van der Waals surface area contributed by atoms with Gasteiger partial charge >= 0.3 is 252 Å². The van der Waals surface area contributed by atoms with Gasteiger partial charge < -0.3 is 0 Å². The van der Waals surface area contributed by atoms with Crippen LogP contribution in [0.2, 0.25) is 3.67 Å². The Morgan fingerprint density at radius 3 is 2.05 bits per heavy atom. The second-order valence-corrected chi connectivity index (χ2v) is 23.5. The average molecular weight is 693 g/mol. The van der Waals surface area contributed by atoms with Crippen LogP contribution in [-0.4, -0.2) is 3.26 Å². The van der Waals surface area contributed by atoms with Crippen LogP contribution in [0.15, 0.2) is 85.0 Å². The fourth-order valence-electron chi connectivity index (χ4n) is 7.40. The first-order valence-corrected chi connectivity index (χ1v) is 21.2. The topological polar surface area (TPSA) is 0 Å². The number of hydrogen-bond donors (Lipinski definition) is 0. The monoisotopic (exact) mass is 694 g/mol. The van der Waals surface area contributed by atoms with E-state index in [9.17, 15) is 0 Å². The Bertz CT molecular complexity index is 1480. The molecule has 0 unspecified atom stereocenters. The molecule has 3 aliphatic rings. The summed E-state index contributed by atoms with van der Waals surface area (Å²) in [6.07, 6.45) is 17.8. The first-order chi connectivity index (χ1) is 19.1. The Hall–Kier alpha value is -2.12. The third-order valence-electron chi connectivity index (χ3n) is 9.49. The molecule has 3 aromatic rings. The molecule has 0 atom stereocenters. The maximum atomic E-state index is 2.57. The Morgan fingerprint density at radius 2 is 1.40 bits per heavy atom. The zero-order valence-corrected chi connectivity index (χ0v) is 29.1. The third kappa shape index (κ3) is 5.29. The van der Waals surface area contributed by atoms with Gasteiger partial charge in [-0.25, -0.2) is 0 Å². The summed E-state index contributed by atoms with van der Waals surface area (Å²) >= 11 is -2.76. The molecule has 0 bridgehead atoms. The summed E-state index contributed by atoms with van der Waals surface area (Å²) < 4.78 is 4.33. The van der Waals surface area contributed by atoms with E-state index in [-0.39, 0.29) is 10.8 Å². The molecule has 1 saturated carbocycles. The standard InChI is InChI=1S/C21H25.C13H16.C5H5.Hf/c1-20(2,3)16-7-9-18-14(12-16)11-15-13-17(21(4,5)6)8-10-19(15)18;1-3-7-12(8-4-1)11-13-9-5-2-6-10-13;1-2-4-5-3-1;/h7-10,12H,11H2,1-6H3;1,3-4,7-8,13H,2,5-6,9-10H2;1-5H;. The normalized spacial score (nSPS) is 18.1. The molecule has 0 aromatic heterocycles. The van der Waals surface area contributed by atoms with Gasteiger partial charge in [0.1, 0.15) is 0 Å². The Balaban J connectivity index is 1.67. The van der Waals surface area contributed by atoms with E-state index in [1.807, 2.05) is 6.58 Å². The van der Waals surface area contributed by atoms with E-state index in [0.717, 1.165) is 12.3 Å². The predicted octanol–water partition coefficient (Wildman–Crippen LogP) is 9.81. The van der Waals surface area contributed by atoms with E-state index in [0.29, 0.717) is 3.67 Å². The van der Waals surface area contributed by atoms with E-state index in [2.05, 4.69) is 127 Å². The van der Waals surface area contributed by atoms with Crippen LogP contribution in [0, 0.1) is 5.92 Å². The number of hydrogen-bond acceptors (Lipinski definition) is 0. The molecule has 0 amide bonds. The van der Waals surface area contributed by atoms with Gasteiger partial charge in [-0.2, -0.15) is 0 Å². The quantitative estimate of drug-likeness (QED) is 0.187. The third-order valence-corrected chi connectivity index (χ3v) is 21.8. The first kappa shape index (κ1) is 28.0. The van der Waals surface area contributed by atoms with Crippen molar-refractivity contribution in [1.29, 1.82) is 0 Å². The van der Waals surface area contributed by atoms with Crippen LogP contribution in [0.1, 0.15) is 101 Å². The maximum absolute atomic E-state index is 2.76. The fraction of sp³-hybridized carbons (Fsp3) is 0.410. The summed E-state index contributed by atoms with van der Waals surface area (Å²) in [7, 11) is 0. The second-order valence-electron chi connectivity index (χ2n) is 14.4. The molecular formula is C39H46Hf. The Kier molecular flexibility index (Phi) is 7.66. The molecule has 0 heterocycles. The molecule has 0 radical (unpaired) electrons. The van der Waals surface area contributed by atoms with Crippen LogP contribution in [0.3, 0.4) is 0 Å². The number of benzene rings is 3. The molecular weight excluding hydrogens is 647 g/mol. The number of rotatable bonds is 4.